The van der Waals surface area contributed by atoms with E-state index in [1.807, 2.05) is 11.6 Å². The highest BCUT2D eigenvalue weighted by Gasteiger charge is 2.29. The highest BCUT2D eigenvalue weighted by atomic mass is 16.5. The summed E-state index contributed by atoms with van der Waals surface area (Å²) >= 11 is 0. The quantitative estimate of drug-likeness (QED) is 0.764. The zero-order valence-electron chi connectivity index (χ0n) is 8.84. The first-order valence-corrected chi connectivity index (χ1v) is 5.18. The van der Waals surface area contributed by atoms with Gasteiger partial charge in [0.15, 0.2) is 5.82 Å². The molecule has 0 aromatic carbocycles. The van der Waals surface area contributed by atoms with Gasteiger partial charge in [0.05, 0.1) is 5.56 Å². The van der Waals surface area contributed by atoms with Gasteiger partial charge in [-0.2, -0.15) is 10.2 Å². The summed E-state index contributed by atoms with van der Waals surface area (Å²) < 4.78 is 7.02. The molecular weight excluding hydrogens is 204 g/mol. The van der Waals surface area contributed by atoms with Crippen molar-refractivity contribution in [1.82, 2.24) is 14.7 Å². The van der Waals surface area contributed by atoms with E-state index < -0.39 is 0 Å². The van der Waals surface area contributed by atoms with Crippen molar-refractivity contribution in [2.45, 2.75) is 18.8 Å². The largest absolute Gasteiger partial charge is 0.345 e. The van der Waals surface area contributed by atoms with E-state index in [-0.39, 0.29) is 0 Å². The Balaban J connectivity index is 2.00. The molecule has 5 nitrogen and oxygen atoms in total. The Hall–Kier alpha value is -2.09. The molecule has 0 atom stereocenters. The van der Waals surface area contributed by atoms with Crippen LogP contribution in [0.4, 0.5) is 0 Å². The van der Waals surface area contributed by atoms with Crippen molar-refractivity contribution in [2.24, 2.45) is 7.05 Å². The lowest BCUT2D eigenvalue weighted by Gasteiger charge is -1.94. The first kappa shape index (κ1) is 9.16. The lowest BCUT2D eigenvalue weighted by Crippen LogP contribution is -1.89. The predicted octanol–water partition coefficient (Wildman–Crippen LogP) is 1.82. The summed E-state index contributed by atoms with van der Waals surface area (Å²) in [5.41, 5.74) is 1.39. The number of rotatable bonds is 2. The van der Waals surface area contributed by atoms with Crippen LogP contribution in [0.2, 0.25) is 0 Å². The van der Waals surface area contributed by atoms with Crippen LogP contribution in [0, 0.1) is 11.3 Å². The van der Waals surface area contributed by atoms with Crippen LogP contribution in [0.5, 0.6) is 0 Å². The van der Waals surface area contributed by atoms with E-state index in [1.165, 1.54) is 0 Å². The maximum atomic E-state index is 8.80. The van der Waals surface area contributed by atoms with Gasteiger partial charge < -0.3 is 9.09 Å². The Morgan fingerprint density at radius 2 is 2.38 bits per heavy atom. The van der Waals surface area contributed by atoms with E-state index in [0.29, 0.717) is 17.4 Å². The first-order valence-electron chi connectivity index (χ1n) is 5.18. The third-order valence-corrected chi connectivity index (χ3v) is 2.74. The molecule has 1 saturated carbocycles. The summed E-state index contributed by atoms with van der Waals surface area (Å²) in [5, 5.41) is 12.7. The van der Waals surface area contributed by atoms with Crippen LogP contribution in [0.25, 0.3) is 11.6 Å². The number of hydrogen-bond donors (Lipinski definition) is 0. The normalized spacial score (nSPS) is 15.0. The topological polar surface area (TPSA) is 67.6 Å². The molecule has 5 heteroatoms. The van der Waals surface area contributed by atoms with E-state index in [2.05, 4.69) is 16.2 Å². The van der Waals surface area contributed by atoms with Crippen molar-refractivity contribution in [1.29, 1.82) is 5.26 Å². The minimum atomic E-state index is 0.480. The third kappa shape index (κ3) is 1.39. The average molecular weight is 214 g/mol. The molecule has 0 N–H and O–H groups in total. The van der Waals surface area contributed by atoms with Gasteiger partial charge in [0.2, 0.25) is 0 Å². The molecule has 0 unspecified atom stereocenters. The smallest absolute Gasteiger partial charge is 0.274 e. The van der Waals surface area contributed by atoms with Crippen LogP contribution in [-0.2, 0) is 7.05 Å². The van der Waals surface area contributed by atoms with Crippen LogP contribution in [0.15, 0.2) is 16.8 Å². The molecule has 2 aromatic heterocycles. The second kappa shape index (κ2) is 3.20. The maximum Gasteiger partial charge on any atom is 0.274 e. The van der Waals surface area contributed by atoms with E-state index >= 15 is 0 Å². The van der Waals surface area contributed by atoms with Crippen molar-refractivity contribution < 1.29 is 4.52 Å². The van der Waals surface area contributed by atoms with Gasteiger partial charge >= 0.3 is 0 Å². The molecule has 1 aliphatic carbocycles. The van der Waals surface area contributed by atoms with E-state index in [0.717, 1.165) is 24.4 Å². The van der Waals surface area contributed by atoms with Gasteiger partial charge in [-0.05, 0) is 18.9 Å². The molecule has 2 aromatic rings. The number of hydrogen-bond acceptors (Lipinski definition) is 4. The van der Waals surface area contributed by atoms with Crippen LogP contribution >= 0.6 is 0 Å². The van der Waals surface area contributed by atoms with Gasteiger partial charge in [-0.3, -0.25) is 0 Å². The summed E-state index contributed by atoms with van der Waals surface area (Å²) in [6, 6.07) is 3.84. The summed E-state index contributed by atoms with van der Waals surface area (Å²) in [5.74, 6) is 1.76. The van der Waals surface area contributed by atoms with Crippen LogP contribution in [0.1, 0.15) is 30.1 Å². The van der Waals surface area contributed by atoms with Crippen molar-refractivity contribution >= 4 is 0 Å². The Morgan fingerprint density at radius 1 is 1.56 bits per heavy atom. The summed E-state index contributed by atoms with van der Waals surface area (Å²) in [6.07, 6.45) is 4.04. The highest BCUT2D eigenvalue weighted by Crippen LogP contribution is 2.38. The standard InChI is InChI=1S/C11H10N4O/c1-15-6-7(5-12)4-9(15)11-13-10(14-16-11)8-2-3-8/h4,6,8H,2-3H2,1H3. The van der Waals surface area contributed by atoms with Crippen molar-refractivity contribution in [3.63, 3.8) is 0 Å². The van der Waals surface area contributed by atoms with Crippen LogP contribution in [0.3, 0.4) is 0 Å². The number of aryl methyl sites for hydroxylation is 1. The molecule has 1 fully saturated rings. The molecule has 16 heavy (non-hydrogen) atoms. The van der Waals surface area contributed by atoms with Crippen LogP contribution < -0.4 is 0 Å². The molecule has 0 amide bonds. The SMILES string of the molecule is Cn1cc(C#N)cc1-c1nc(C2CC2)no1. The zero-order chi connectivity index (χ0) is 11.1. The Bertz CT molecular complexity index is 571. The molecule has 0 bridgehead atoms. The number of nitrogens with zero attached hydrogens (tertiary/aromatic N) is 4. The van der Waals surface area contributed by atoms with Gasteiger partial charge in [-0.1, -0.05) is 5.16 Å². The molecule has 0 spiro atoms. The summed E-state index contributed by atoms with van der Waals surface area (Å²) in [6.45, 7) is 0. The highest BCUT2D eigenvalue weighted by molar-refractivity contribution is 5.52. The molecule has 0 radical (unpaired) electrons. The molecule has 1 aliphatic rings. The molecule has 0 saturated heterocycles. The Labute approximate surface area is 92.3 Å². The summed E-state index contributed by atoms with van der Waals surface area (Å²) in [4.78, 5) is 4.34. The van der Waals surface area contributed by atoms with Gasteiger partial charge in [0.1, 0.15) is 11.8 Å². The maximum absolute atomic E-state index is 8.80. The average Bonchev–Trinajstić information content (AvgIpc) is 2.89. The fourth-order valence-electron chi connectivity index (χ4n) is 1.68. The zero-order valence-corrected chi connectivity index (χ0v) is 8.84. The van der Waals surface area contributed by atoms with E-state index in [4.69, 9.17) is 9.78 Å². The predicted molar refractivity (Wildman–Crippen MR) is 55.4 cm³/mol. The van der Waals surface area contributed by atoms with Crippen molar-refractivity contribution in [2.75, 3.05) is 0 Å². The lowest BCUT2D eigenvalue weighted by atomic mass is 10.3. The molecule has 80 valence electrons. The van der Waals surface area contributed by atoms with Gasteiger partial charge in [0.25, 0.3) is 5.89 Å². The fourth-order valence-corrected chi connectivity index (χ4v) is 1.68. The molecule has 3 rings (SSSR count). The number of nitriles is 1. The van der Waals surface area contributed by atoms with E-state index in [1.54, 1.807) is 12.3 Å². The number of aromatic nitrogens is 3. The van der Waals surface area contributed by atoms with Crippen molar-refractivity contribution in [3.8, 4) is 17.7 Å². The third-order valence-electron chi connectivity index (χ3n) is 2.74. The summed E-state index contributed by atoms with van der Waals surface area (Å²) in [7, 11) is 1.86. The second-order valence-corrected chi connectivity index (χ2v) is 4.07. The minimum absolute atomic E-state index is 0.480. The van der Waals surface area contributed by atoms with Gasteiger partial charge in [-0.25, -0.2) is 0 Å². The second-order valence-electron chi connectivity index (χ2n) is 4.07. The van der Waals surface area contributed by atoms with Gasteiger partial charge in [-0.15, -0.1) is 0 Å². The fraction of sp³-hybridized carbons (Fsp3) is 0.364. The Kier molecular flexibility index (Phi) is 1.83. The lowest BCUT2D eigenvalue weighted by molar-refractivity contribution is 0.420. The van der Waals surface area contributed by atoms with Gasteiger partial charge in [0, 0.05) is 19.2 Å². The first-order chi connectivity index (χ1) is 7.78. The monoisotopic (exact) mass is 214 g/mol. The van der Waals surface area contributed by atoms with Crippen molar-refractivity contribution in [3.05, 3.63) is 23.7 Å². The molecule has 2 heterocycles. The molecular formula is C11H10N4O. The Morgan fingerprint density at radius 3 is 3.00 bits per heavy atom. The van der Waals surface area contributed by atoms with E-state index in [9.17, 15) is 0 Å². The molecule has 0 aliphatic heterocycles. The minimum Gasteiger partial charge on any atom is -0.345 e. The van der Waals surface area contributed by atoms with Crippen LogP contribution in [-0.4, -0.2) is 14.7 Å².